The van der Waals surface area contributed by atoms with Gasteiger partial charge >= 0.3 is 10.5 Å². The van der Waals surface area contributed by atoms with Crippen molar-refractivity contribution in [1.29, 1.82) is 0 Å². The van der Waals surface area contributed by atoms with Gasteiger partial charge in [0.25, 0.3) is 0 Å². The van der Waals surface area contributed by atoms with Crippen LogP contribution in [0, 0.1) is 0 Å². The number of benzene rings is 1. The molecule has 1 fully saturated rings. The van der Waals surface area contributed by atoms with Crippen molar-refractivity contribution in [1.82, 2.24) is 14.9 Å². The lowest BCUT2D eigenvalue weighted by atomic mass is 9.89. The highest BCUT2D eigenvalue weighted by Crippen LogP contribution is 2.33. The largest absolute Gasteiger partial charge is 0.361 e. The molecule has 0 aliphatic carbocycles. The van der Waals surface area contributed by atoms with Crippen LogP contribution < -0.4 is 0 Å². The summed E-state index contributed by atoms with van der Waals surface area (Å²) in [5, 5.41) is 2.82. The van der Waals surface area contributed by atoms with Gasteiger partial charge in [0.2, 0.25) is 0 Å². The van der Waals surface area contributed by atoms with Crippen LogP contribution >= 0.6 is 11.3 Å². The van der Waals surface area contributed by atoms with E-state index in [1.165, 1.54) is 27.8 Å². The summed E-state index contributed by atoms with van der Waals surface area (Å²) in [6.07, 6.45) is 5.99. The van der Waals surface area contributed by atoms with Crippen LogP contribution in [0.15, 0.2) is 34.8 Å². The number of hydrogen-bond acceptors (Lipinski definition) is 6. The first-order valence-electron chi connectivity index (χ1n) is 9.72. The van der Waals surface area contributed by atoms with Gasteiger partial charge in [0.05, 0.1) is 10.7 Å². The molecule has 0 saturated carbocycles. The maximum absolute atomic E-state index is 11.0. The van der Waals surface area contributed by atoms with Crippen LogP contribution in [0.25, 0.3) is 10.9 Å². The molecule has 1 saturated heterocycles. The zero-order valence-electron chi connectivity index (χ0n) is 15.9. The first-order valence-corrected chi connectivity index (χ1v) is 11.6. The fraction of sp³-hybridized carbons (Fsp3) is 0.450. The smallest absolute Gasteiger partial charge is 0.317 e. The summed E-state index contributed by atoms with van der Waals surface area (Å²) in [5.41, 5.74) is 3.45. The van der Waals surface area contributed by atoms with E-state index < -0.39 is 10.5 Å². The lowest BCUT2D eigenvalue weighted by molar-refractivity contribution is 0.214. The third-order valence-corrected chi connectivity index (χ3v) is 7.08. The predicted molar refractivity (Wildman–Crippen MR) is 113 cm³/mol. The SMILES string of the molecule is CCc1nc(CCN2CCC(c3c[nH]c4ccccc34)CC2)c(N=S(=O)=O)s1. The van der Waals surface area contributed by atoms with Crippen LogP contribution in [-0.2, 0) is 23.3 Å². The van der Waals surface area contributed by atoms with E-state index >= 15 is 0 Å². The normalized spacial score (nSPS) is 15.9. The number of likely N-dealkylation sites (tertiary alicyclic amines) is 1. The summed E-state index contributed by atoms with van der Waals surface area (Å²) >= 11 is 1.38. The van der Waals surface area contributed by atoms with Gasteiger partial charge in [0, 0.05) is 30.1 Å². The van der Waals surface area contributed by atoms with Gasteiger partial charge in [0.1, 0.15) is 0 Å². The molecule has 4 rings (SSSR count). The minimum absolute atomic E-state index is 0.541. The Kier molecular flexibility index (Phi) is 5.89. The van der Waals surface area contributed by atoms with Crippen LogP contribution in [0.1, 0.15) is 41.9 Å². The number of fused-ring (bicyclic) bond motifs is 1. The van der Waals surface area contributed by atoms with E-state index in [0.717, 1.165) is 56.0 Å². The number of hydrogen-bond donors (Lipinski definition) is 1. The van der Waals surface area contributed by atoms with Gasteiger partial charge < -0.3 is 9.88 Å². The molecular weight excluding hydrogens is 392 g/mol. The van der Waals surface area contributed by atoms with E-state index in [-0.39, 0.29) is 0 Å². The van der Waals surface area contributed by atoms with Crippen molar-refractivity contribution in [3.8, 4) is 0 Å². The number of piperidine rings is 1. The van der Waals surface area contributed by atoms with Gasteiger partial charge in [-0.15, -0.1) is 4.36 Å². The number of nitrogens with one attached hydrogen (secondary N) is 1. The van der Waals surface area contributed by atoms with Gasteiger partial charge in [-0.25, -0.2) is 4.98 Å². The van der Waals surface area contributed by atoms with E-state index in [4.69, 9.17) is 0 Å². The lowest BCUT2D eigenvalue weighted by Gasteiger charge is -2.31. The van der Waals surface area contributed by atoms with Crippen molar-refractivity contribution in [3.63, 3.8) is 0 Å². The molecule has 0 radical (unpaired) electrons. The summed E-state index contributed by atoms with van der Waals surface area (Å²) in [4.78, 5) is 10.4. The Bertz CT molecular complexity index is 1080. The topological polar surface area (TPSA) is 78.4 Å². The molecular formula is C20H24N4O2S2. The number of aromatic amines is 1. The van der Waals surface area contributed by atoms with Crippen molar-refractivity contribution in [3.05, 3.63) is 46.7 Å². The zero-order valence-corrected chi connectivity index (χ0v) is 17.5. The minimum atomic E-state index is -2.43. The Balaban J connectivity index is 1.38. The highest BCUT2D eigenvalue weighted by molar-refractivity contribution is 7.62. The quantitative estimate of drug-likeness (QED) is 0.650. The molecule has 1 N–H and O–H groups in total. The molecule has 6 nitrogen and oxygen atoms in total. The molecule has 0 atom stereocenters. The molecule has 1 aliphatic heterocycles. The van der Waals surface area contributed by atoms with Gasteiger partial charge in [-0.05, 0) is 49.9 Å². The fourth-order valence-corrected chi connectivity index (χ4v) is 5.37. The van der Waals surface area contributed by atoms with E-state index in [2.05, 4.69) is 49.7 Å². The second-order valence-corrected chi connectivity index (χ2v) is 8.86. The van der Waals surface area contributed by atoms with Gasteiger partial charge in [-0.1, -0.05) is 36.5 Å². The molecule has 1 aromatic carbocycles. The molecule has 3 heterocycles. The fourth-order valence-electron chi connectivity index (χ4n) is 4.01. The molecule has 0 spiro atoms. The Labute approximate surface area is 170 Å². The van der Waals surface area contributed by atoms with Crippen LogP contribution in [0.3, 0.4) is 0 Å². The monoisotopic (exact) mass is 416 g/mol. The number of aryl methyl sites for hydroxylation is 1. The van der Waals surface area contributed by atoms with Crippen LogP contribution in [0.4, 0.5) is 5.00 Å². The molecule has 1 aliphatic rings. The van der Waals surface area contributed by atoms with Crippen LogP contribution in [0.5, 0.6) is 0 Å². The van der Waals surface area contributed by atoms with Crippen molar-refractivity contribution in [2.75, 3.05) is 19.6 Å². The number of H-pyrrole nitrogens is 1. The standard InChI is InChI=1S/C20H24N4O2S2/c1-2-19-22-18(20(27-19)23-28(25)26)9-12-24-10-7-14(8-11-24)16-13-21-17-6-4-3-5-15(16)17/h3-6,13-14,21H,2,7-12H2,1H3. The van der Waals surface area contributed by atoms with E-state index in [0.29, 0.717) is 10.9 Å². The van der Waals surface area contributed by atoms with E-state index in [9.17, 15) is 8.42 Å². The van der Waals surface area contributed by atoms with E-state index in [1.54, 1.807) is 0 Å². The maximum atomic E-state index is 11.0. The van der Waals surface area contributed by atoms with Crippen molar-refractivity contribution < 1.29 is 8.42 Å². The van der Waals surface area contributed by atoms with Gasteiger partial charge in [-0.2, -0.15) is 8.42 Å². The predicted octanol–water partition coefficient (Wildman–Crippen LogP) is 4.30. The molecule has 0 amide bonds. The number of nitrogens with zero attached hydrogens (tertiary/aromatic N) is 3. The van der Waals surface area contributed by atoms with E-state index in [1.807, 2.05) is 6.92 Å². The molecule has 0 unspecified atom stereocenters. The lowest BCUT2D eigenvalue weighted by Crippen LogP contribution is -2.34. The average molecular weight is 417 g/mol. The molecule has 28 heavy (non-hydrogen) atoms. The van der Waals surface area contributed by atoms with Crippen molar-refractivity contribution in [2.24, 2.45) is 4.36 Å². The number of aromatic nitrogens is 2. The van der Waals surface area contributed by atoms with Crippen LogP contribution in [0.2, 0.25) is 0 Å². The summed E-state index contributed by atoms with van der Waals surface area (Å²) in [6, 6.07) is 8.50. The Morgan fingerprint density at radius 1 is 1.29 bits per heavy atom. The second-order valence-electron chi connectivity index (χ2n) is 7.18. The molecule has 2 aromatic heterocycles. The Morgan fingerprint density at radius 2 is 2.07 bits per heavy atom. The van der Waals surface area contributed by atoms with Gasteiger partial charge in [0.15, 0.2) is 5.00 Å². The second kappa shape index (κ2) is 8.55. The molecule has 3 aromatic rings. The molecule has 8 heteroatoms. The summed E-state index contributed by atoms with van der Waals surface area (Å²) in [5.74, 6) is 0.590. The number of rotatable bonds is 6. The number of para-hydroxylation sites is 1. The highest BCUT2D eigenvalue weighted by Gasteiger charge is 2.23. The van der Waals surface area contributed by atoms with Gasteiger partial charge in [-0.3, -0.25) is 0 Å². The third-order valence-electron chi connectivity index (χ3n) is 5.49. The average Bonchev–Trinajstić information content (AvgIpc) is 3.30. The summed E-state index contributed by atoms with van der Waals surface area (Å²) < 4.78 is 25.6. The molecule has 0 bridgehead atoms. The minimum Gasteiger partial charge on any atom is -0.361 e. The summed E-state index contributed by atoms with van der Waals surface area (Å²) in [6.45, 7) is 5.02. The third kappa shape index (κ3) is 4.19. The first-order chi connectivity index (χ1) is 13.6. The number of thiazole rings is 1. The van der Waals surface area contributed by atoms with Crippen molar-refractivity contribution in [2.45, 2.75) is 38.5 Å². The maximum Gasteiger partial charge on any atom is 0.317 e. The molecule has 148 valence electrons. The summed E-state index contributed by atoms with van der Waals surface area (Å²) in [7, 11) is -2.43. The first kappa shape index (κ1) is 19.3. The Hall–Kier alpha value is -2.03. The Morgan fingerprint density at radius 3 is 2.82 bits per heavy atom. The van der Waals surface area contributed by atoms with Crippen molar-refractivity contribution >= 4 is 37.7 Å². The van der Waals surface area contributed by atoms with Crippen LogP contribution in [-0.4, -0.2) is 42.9 Å². The zero-order chi connectivity index (χ0) is 19.5. The highest BCUT2D eigenvalue weighted by atomic mass is 32.2.